The van der Waals surface area contributed by atoms with Crippen molar-refractivity contribution in [2.24, 2.45) is 5.41 Å². The molecule has 17 heavy (non-hydrogen) atoms. The van der Waals surface area contributed by atoms with E-state index >= 15 is 0 Å². The van der Waals surface area contributed by atoms with Crippen molar-refractivity contribution in [2.45, 2.75) is 26.7 Å². The number of hydrogen-bond acceptors (Lipinski definition) is 4. The van der Waals surface area contributed by atoms with Crippen LogP contribution in [0.15, 0.2) is 18.3 Å². The van der Waals surface area contributed by atoms with Crippen LogP contribution in [-0.4, -0.2) is 23.2 Å². The topological polar surface area (TPSA) is 68.9 Å². The molecule has 0 saturated carbocycles. The summed E-state index contributed by atoms with van der Waals surface area (Å²) in [6.07, 6.45) is 3.38. The number of nitrogens with zero attached hydrogens (tertiary/aromatic N) is 2. The minimum atomic E-state index is -0.0877. The lowest BCUT2D eigenvalue weighted by Gasteiger charge is -2.29. The molecule has 1 heterocycles. The third kappa shape index (κ3) is 3.43. The Balaban J connectivity index is 2.63. The van der Waals surface area contributed by atoms with Crippen LogP contribution in [0.2, 0.25) is 0 Å². The van der Waals surface area contributed by atoms with Crippen molar-refractivity contribution in [3.05, 3.63) is 23.9 Å². The highest BCUT2D eigenvalue weighted by Gasteiger charge is 2.24. The lowest BCUT2D eigenvalue weighted by molar-refractivity contribution is 0.127. The van der Waals surface area contributed by atoms with E-state index in [0.717, 1.165) is 18.7 Å². The molecule has 0 fully saturated rings. The highest BCUT2D eigenvalue weighted by Crippen LogP contribution is 2.25. The molecule has 0 aliphatic heterocycles. The Morgan fingerprint density at radius 3 is 2.53 bits per heavy atom. The average molecular weight is 233 g/mol. The number of aromatic nitrogens is 1. The number of aliphatic hydroxyl groups excluding tert-OH is 1. The van der Waals surface area contributed by atoms with Crippen LogP contribution in [0, 0.1) is 16.7 Å². The predicted octanol–water partition coefficient (Wildman–Crippen LogP) is 2.16. The van der Waals surface area contributed by atoms with Gasteiger partial charge in [0.2, 0.25) is 0 Å². The first kappa shape index (κ1) is 13.5. The van der Waals surface area contributed by atoms with Crippen molar-refractivity contribution in [2.75, 3.05) is 18.5 Å². The molecule has 1 aromatic heterocycles. The minimum Gasteiger partial charge on any atom is -0.396 e. The van der Waals surface area contributed by atoms with E-state index in [1.165, 1.54) is 0 Å². The van der Waals surface area contributed by atoms with E-state index in [0.29, 0.717) is 12.1 Å². The third-order valence-electron chi connectivity index (χ3n) is 3.37. The van der Waals surface area contributed by atoms with Gasteiger partial charge in [-0.05, 0) is 25.0 Å². The Labute approximate surface area is 102 Å². The average Bonchev–Trinajstić information content (AvgIpc) is 2.41. The molecule has 0 aliphatic carbocycles. The summed E-state index contributed by atoms with van der Waals surface area (Å²) in [5.41, 5.74) is 0.463. The van der Waals surface area contributed by atoms with Crippen molar-refractivity contribution < 1.29 is 5.11 Å². The van der Waals surface area contributed by atoms with Gasteiger partial charge in [0.1, 0.15) is 11.9 Å². The van der Waals surface area contributed by atoms with Crippen molar-refractivity contribution >= 4 is 5.82 Å². The highest BCUT2D eigenvalue weighted by molar-refractivity contribution is 5.39. The zero-order chi connectivity index (χ0) is 12.7. The molecule has 2 N–H and O–H groups in total. The normalized spacial score (nSPS) is 10.9. The smallest absolute Gasteiger partial charge is 0.125 e. The molecule has 0 saturated heterocycles. The van der Waals surface area contributed by atoms with Gasteiger partial charge in [0, 0.05) is 18.2 Å². The summed E-state index contributed by atoms with van der Waals surface area (Å²) in [6.45, 7) is 5.01. The SMILES string of the molecule is CCC(CC)(CO)CNc1ccc(C#N)cn1. The van der Waals surface area contributed by atoms with Gasteiger partial charge in [0.25, 0.3) is 0 Å². The molecule has 0 atom stereocenters. The lowest BCUT2D eigenvalue weighted by atomic mass is 9.83. The van der Waals surface area contributed by atoms with Crippen LogP contribution in [-0.2, 0) is 0 Å². The fraction of sp³-hybridized carbons (Fsp3) is 0.538. The first-order valence-corrected chi connectivity index (χ1v) is 5.90. The van der Waals surface area contributed by atoms with Crippen LogP contribution < -0.4 is 5.32 Å². The fourth-order valence-corrected chi connectivity index (χ4v) is 1.62. The summed E-state index contributed by atoms with van der Waals surface area (Å²) in [4.78, 5) is 4.14. The molecule has 1 rings (SSSR count). The standard InChI is InChI=1S/C13H19N3O/c1-3-13(4-2,10-17)9-16-12-6-5-11(7-14)8-15-12/h5-6,8,17H,3-4,9-10H2,1-2H3,(H,15,16). The number of anilines is 1. The van der Waals surface area contributed by atoms with Gasteiger partial charge in [0.05, 0.1) is 12.2 Å². The Morgan fingerprint density at radius 2 is 2.12 bits per heavy atom. The van der Waals surface area contributed by atoms with Crippen molar-refractivity contribution in [1.82, 2.24) is 4.98 Å². The molecule has 92 valence electrons. The van der Waals surface area contributed by atoms with Crippen LogP contribution in [0.3, 0.4) is 0 Å². The quantitative estimate of drug-likeness (QED) is 0.790. The fourth-order valence-electron chi connectivity index (χ4n) is 1.62. The van der Waals surface area contributed by atoms with Crippen LogP contribution in [0.25, 0.3) is 0 Å². The summed E-state index contributed by atoms with van der Waals surface area (Å²) < 4.78 is 0. The summed E-state index contributed by atoms with van der Waals surface area (Å²) >= 11 is 0. The molecule has 4 nitrogen and oxygen atoms in total. The van der Waals surface area contributed by atoms with Gasteiger partial charge in [-0.1, -0.05) is 13.8 Å². The van der Waals surface area contributed by atoms with Crippen molar-refractivity contribution in [3.8, 4) is 6.07 Å². The maximum atomic E-state index is 9.43. The van der Waals surface area contributed by atoms with E-state index in [1.54, 1.807) is 18.3 Å². The van der Waals surface area contributed by atoms with Gasteiger partial charge in [-0.2, -0.15) is 5.26 Å². The Morgan fingerprint density at radius 1 is 1.41 bits per heavy atom. The molecule has 4 heteroatoms. The third-order valence-corrected chi connectivity index (χ3v) is 3.37. The Bertz CT molecular complexity index is 368. The summed E-state index contributed by atoms with van der Waals surface area (Å²) in [5, 5.41) is 21.3. The highest BCUT2D eigenvalue weighted by atomic mass is 16.3. The first-order chi connectivity index (χ1) is 8.19. The second kappa shape index (κ2) is 6.21. The monoisotopic (exact) mass is 233 g/mol. The molecule has 0 radical (unpaired) electrons. The van der Waals surface area contributed by atoms with E-state index in [1.807, 2.05) is 6.07 Å². The number of hydrogen-bond donors (Lipinski definition) is 2. The van der Waals surface area contributed by atoms with E-state index < -0.39 is 0 Å². The van der Waals surface area contributed by atoms with E-state index in [4.69, 9.17) is 5.26 Å². The minimum absolute atomic E-state index is 0.0877. The van der Waals surface area contributed by atoms with Crippen LogP contribution in [0.1, 0.15) is 32.3 Å². The Hall–Kier alpha value is -1.60. The maximum Gasteiger partial charge on any atom is 0.125 e. The van der Waals surface area contributed by atoms with E-state index in [-0.39, 0.29) is 12.0 Å². The zero-order valence-corrected chi connectivity index (χ0v) is 10.4. The van der Waals surface area contributed by atoms with Crippen LogP contribution in [0.5, 0.6) is 0 Å². The molecule has 0 amide bonds. The number of nitriles is 1. The molecule has 0 unspecified atom stereocenters. The van der Waals surface area contributed by atoms with Crippen LogP contribution in [0.4, 0.5) is 5.82 Å². The van der Waals surface area contributed by atoms with E-state index in [2.05, 4.69) is 24.1 Å². The van der Waals surface area contributed by atoms with Gasteiger partial charge in [-0.3, -0.25) is 0 Å². The second-order valence-electron chi connectivity index (χ2n) is 4.26. The predicted molar refractivity (Wildman–Crippen MR) is 67.5 cm³/mol. The largest absolute Gasteiger partial charge is 0.396 e. The zero-order valence-electron chi connectivity index (χ0n) is 10.4. The van der Waals surface area contributed by atoms with Crippen molar-refractivity contribution in [3.63, 3.8) is 0 Å². The van der Waals surface area contributed by atoms with Gasteiger partial charge in [-0.25, -0.2) is 4.98 Å². The molecule has 1 aromatic rings. The van der Waals surface area contributed by atoms with Crippen molar-refractivity contribution in [1.29, 1.82) is 5.26 Å². The molecule has 0 bridgehead atoms. The molecular weight excluding hydrogens is 214 g/mol. The molecule has 0 spiro atoms. The lowest BCUT2D eigenvalue weighted by Crippen LogP contribution is -2.32. The Kier molecular flexibility index (Phi) is 4.92. The second-order valence-corrected chi connectivity index (χ2v) is 4.26. The first-order valence-electron chi connectivity index (χ1n) is 5.90. The summed E-state index contributed by atoms with van der Waals surface area (Å²) in [6, 6.07) is 5.54. The van der Waals surface area contributed by atoms with Gasteiger partial charge in [-0.15, -0.1) is 0 Å². The summed E-state index contributed by atoms with van der Waals surface area (Å²) in [5.74, 6) is 0.740. The number of aliphatic hydroxyl groups is 1. The number of rotatable bonds is 6. The maximum absolute atomic E-state index is 9.43. The molecule has 0 aliphatic rings. The van der Waals surface area contributed by atoms with E-state index in [9.17, 15) is 5.11 Å². The van der Waals surface area contributed by atoms with Gasteiger partial charge < -0.3 is 10.4 Å². The van der Waals surface area contributed by atoms with Gasteiger partial charge in [0.15, 0.2) is 0 Å². The van der Waals surface area contributed by atoms with Gasteiger partial charge >= 0.3 is 0 Å². The number of pyridine rings is 1. The molecule has 0 aromatic carbocycles. The summed E-state index contributed by atoms with van der Waals surface area (Å²) in [7, 11) is 0. The molecular formula is C13H19N3O. The number of nitrogens with one attached hydrogen (secondary N) is 1. The van der Waals surface area contributed by atoms with Crippen LogP contribution >= 0.6 is 0 Å².